The Morgan fingerprint density at radius 2 is 2.00 bits per heavy atom. The second-order valence-corrected chi connectivity index (χ2v) is 3.75. The lowest BCUT2D eigenvalue weighted by atomic mass is 10.1. The number of imidazole rings is 1. The molecule has 0 radical (unpaired) electrons. The quantitative estimate of drug-likeness (QED) is 0.388. The van der Waals surface area contributed by atoms with Gasteiger partial charge in [0, 0.05) is 11.8 Å². The van der Waals surface area contributed by atoms with Crippen LogP contribution in [0.3, 0.4) is 0 Å². The lowest BCUT2D eigenvalue weighted by Gasteiger charge is -2.03. The number of nitrogens with one attached hydrogen (secondary N) is 3. The van der Waals surface area contributed by atoms with Crippen LogP contribution in [0.2, 0.25) is 0 Å². The summed E-state index contributed by atoms with van der Waals surface area (Å²) in [4.78, 5) is 24.7. The van der Waals surface area contributed by atoms with E-state index in [9.17, 15) is 4.79 Å². The summed E-state index contributed by atoms with van der Waals surface area (Å²) in [5, 5.41) is 0. The number of hydrogen-bond acceptors (Lipinski definition) is 5. The third kappa shape index (κ3) is 1.72. The molecule has 3 aromatic rings. The Labute approximate surface area is 101 Å². The van der Waals surface area contributed by atoms with Gasteiger partial charge in [-0.2, -0.15) is 0 Å². The monoisotopic (exact) mass is 242 g/mol. The standard InChI is InChI=1S/C11H10N6O/c12-17-10-13-4-3-7(14-10)6-1-2-8-9(5-6)16-11(18)15-8/h1-5H,12H2,(H,13,14,17)(H2,15,16,18). The van der Waals surface area contributed by atoms with Crippen molar-refractivity contribution in [1.29, 1.82) is 0 Å². The molecule has 0 atom stereocenters. The minimum Gasteiger partial charge on any atom is -0.306 e. The smallest absolute Gasteiger partial charge is 0.306 e. The topological polar surface area (TPSA) is 112 Å². The van der Waals surface area contributed by atoms with E-state index in [-0.39, 0.29) is 5.69 Å². The van der Waals surface area contributed by atoms with Crippen LogP contribution < -0.4 is 17.0 Å². The van der Waals surface area contributed by atoms with E-state index >= 15 is 0 Å². The van der Waals surface area contributed by atoms with Crippen molar-refractivity contribution in [2.75, 3.05) is 5.43 Å². The number of H-pyrrole nitrogens is 2. The van der Waals surface area contributed by atoms with Gasteiger partial charge in [0.25, 0.3) is 0 Å². The van der Waals surface area contributed by atoms with Gasteiger partial charge in [-0.25, -0.2) is 20.6 Å². The molecular formula is C11H10N6O. The minimum atomic E-state index is -0.228. The van der Waals surface area contributed by atoms with E-state index in [1.807, 2.05) is 18.2 Å². The molecule has 1 aromatic carbocycles. The summed E-state index contributed by atoms with van der Waals surface area (Å²) in [6.07, 6.45) is 1.61. The number of nitrogen functional groups attached to an aromatic ring is 1. The second-order valence-electron chi connectivity index (χ2n) is 3.75. The number of aromatic nitrogens is 4. The van der Waals surface area contributed by atoms with E-state index in [2.05, 4.69) is 25.4 Å². The highest BCUT2D eigenvalue weighted by Crippen LogP contribution is 2.20. The molecule has 0 aliphatic carbocycles. The van der Waals surface area contributed by atoms with Gasteiger partial charge in [-0.05, 0) is 18.2 Å². The molecular weight excluding hydrogens is 232 g/mol. The molecule has 0 saturated carbocycles. The zero-order valence-electron chi connectivity index (χ0n) is 9.27. The third-order valence-electron chi connectivity index (χ3n) is 2.60. The van der Waals surface area contributed by atoms with E-state index in [4.69, 9.17) is 5.84 Å². The number of rotatable bonds is 2. The van der Waals surface area contributed by atoms with Crippen molar-refractivity contribution in [3.63, 3.8) is 0 Å². The fourth-order valence-corrected chi connectivity index (χ4v) is 1.78. The first-order valence-electron chi connectivity index (χ1n) is 5.28. The Morgan fingerprint density at radius 1 is 1.17 bits per heavy atom. The highest BCUT2D eigenvalue weighted by atomic mass is 16.1. The zero-order valence-corrected chi connectivity index (χ0v) is 9.27. The van der Waals surface area contributed by atoms with Crippen LogP contribution in [-0.2, 0) is 0 Å². The van der Waals surface area contributed by atoms with Gasteiger partial charge in [0.1, 0.15) is 0 Å². The fourth-order valence-electron chi connectivity index (χ4n) is 1.78. The number of fused-ring (bicyclic) bond motifs is 1. The minimum absolute atomic E-state index is 0.228. The molecule has 0 unspecified atom stereocenters. The van der Waals surface area contributed by atoms with Crippen LogP contribution in [0, 0.1) is 0 Å². The molecule has 0 aliphatic heterocycles. The Hall–Kier alpha value is -2.67. The maximum atomic E-state index is 11.2. The molecule has 2 heterocycles. The first-order chi connectivity index (χ1) is 8.76. The summed E-state index contributed by atoms with van der Waals surface area (Å²) in [6, 6.07) is 7.30. The Balaban J connectivity index is 2.15. The Kier molecular flexibility index (Phi) is 2.31. The van der Waals surface area contributed by atoms with Crippen LogP contribution in [0.1, 0.15) is 0 Å². The van der Waals surface area contributed by atoms with Gasteiger partial charge in [0.15, 0.2) is 0 Å². The first-order valence-corrected chi connectivity index (χ1v) is 5.28. The number of benzene rings is 1. The lowest BCUT2D eigenvalue weighted by Crippen LogP contribution is -2.10. The van der Waals surface area contributed by atoms with Crippen LogP contribution >= 0.6 is 0 Å². The maximum Gasteiger partial charge on any atom is 0.323 e. The number of nitrogens with two attached hydrogens (primary N) is 1. The SMILES string of the molecule is NNc1nccc(-c2ccc3[nH]c(=O)[nH]c3c2)n1. The molecule has 0 aliphatic rings. The molecule has 18 heavy (non-hydrogen) atoms. The number of hydrogen-bond donors (Lipinski definition) is 4. The van der Waals surface area contributed by atoms with Gasteiger partial charge in [-0.15, -0.1) is 0 Å². The fraction of sp³-hybridized carbons (Fsp3) is 0. The van der Waals surface area contributed by atoms with Crippen LogP contribution in [0.5, 0.6) is 0 Å². The van der Waals surface area contributed by atoms with E-state index < -0.39 is 0 Å². The Morgan fingerprint density at radius 3 is 2.83 bits per heavy atom. The summed E-state index contributed by atoms with van der Waals surface area (Å²) < 4.78 is 0. The van der Waals surface area contributed by atoms with Crippen molar-refractivity contribution in [1.82, 2.24) is 19.9 Å². The molecule has 7 heteroatoms. The lowest BCUT2D eigenvalue weighted by molar-refractivity contribution is 1.12. The summed E-state index contributed by atoms with van der Waals surface area (Å²) >= 11 is 0. The number of hydrazine groups is 1. The molecule has 7 nitrogen and oxygen atoms in total. The van der Waals surface area contributed by atoms with Gasteiger partial charge < -0.3 is 9.97 Å². The van der Waals surface area contributed by atoms with Crippen molar-refractivity contribution in [3.8, 4) is 11.3 Å². The molecule has 90 valence electrons. The predicted molar refractivity (Wildman–Crippen MR) is 67.8 cm³/mol. The molecule has 5 N–H and O–H groups in total. The molecule has 3 rings (SSSR count). The highest BCUT2D eigenvalue weighted by molar-refractivity contribution is 5.80. The van der Waals surface area contributed by atoms with Crippen LogP contribution in [-0.4, -0.2) is 19.9 Å². The largest absolute Gasteiger partial charge is 0.323 e. The summed E-state index contributed by atoms with van der Waals surface area (Å²) in [6.45, 7) is 0. The molecule has 0 bridgehead atoms. The van der Waals surface area contributed by atoms with E-state index in [0.717, 1.165) is 22.3 Å². The second kappa shape index (κ2) is 3.97. The van der Waals surface area contributed by atoms with E-state index in [0.29, 0.717) is 5.95 Å². The van der Waals surface area contributed by atoms with Gasteiger partial charge >= 0.3 is 5.69 Å². The summed E-state index contributed by atoms with van der Waals surface area (Å²) in [5.74, 6) is 5.61. The van der Waals surface area contributed by atoms with Crippen LogP contribution in [0.25, 0.3) is 22.3 Å². The van der Waals surface area contributed by atoms with Crippen LogP contribution in [0.4, 0.5) is 5.95 Å². The van der Waals surface area contributed by atoms with Crippen LogP contribution in [0.15, 0.2) is 35.3 Å². The third-order valence-corrected chi connectivity index (χ3v) is 2.60. The van der Waals surface area contributed by atoms with Crippen molar-refractivity contribution in [2.24, 2.45) is 5.84 Å². The normalized spacial score (nSPS) is 10.7. The van der Waals surface area contributed by atoms with E-state index in [1.54, 1.807) is 12.3 Å². The number of anilines is 1. The van der Waals surface area contributed by atoms with Gasteiger partial charge in [0.2, 0.25) is 5.95 Å². The van der Waals surface area contributed by atoms with Crippen molar-refractivity contribution >= 4 is 17.0 Å². The van der Waals surface area contributed by atoms with Gasteiger partial charge in [-0.3, -0.25) is 5.43 Å². The molecule has 0 spiro atoms. The maximum absolute atomic E-state index is 11.2. The Bertz CT molecular complexity index is 759. The first kappa shape index (κ1) is 10.5. The molecule has 0 amide bonds. The number of aromatic amines is 2. The summed E-state index contributed by atoms with van der Waals surface area (Å²) in [7, 11) is 0. The molecule has 2 aromatic heterocycles. The van der Waals surface area contributed by atoms with Gasteiger partial charge in [0.05, 0.1) is 16.7 Å². The van der Waals surface area contributed by atoms with Gasteiger partial charge in [-0.1, -0.05) is 6.07 Å². The molecule has 0 fully saturated rings. The molecule has 0 saturated heterocycles. The van der Waals surface area contributed by atoms with Crippen molar-refractivity contribution < 1.29 is 0 Å². The predicted octanol–water partition coefficient (Wildman–Crippen LogP) is 0.599. The average Bonchev–Trinajstić information content (AvgIpc) is 2.77. The van der Waals surface area contributed by atoms with E-state index in [1.165, 1.54) is 0 Å². The zero-order chi connectivity index (χ0) is 12.5. The average molecular weight is 242 g/mol. The van der Waals surface area contributed by atoms with Crippen molar-refractivity contribution in [3.05, 3.63) is 40.9 Å². The highest BCUT2D eigenvalue weighted by Gasteiger charge is 2.04. The number of nitrogens with zero attached hydrogens (tertiary/aromatic N) is 2. The summed E-state index contributed by atoms with van der Waals surface area (Å²) in [5.41, 5.74) is 5.25. The van der Waals surface area contributed by atoms with Crippen molar-refractivity contribution in [2.45, 2.75) is 0 Å².